The van der Waals surface area contributed by atoms with Gasteiger partial charge in [0.2, 0.25) is 11.8 Å². The van der Waals surface area contributed by atoms with Crippen LogP contribution in [0.2, 0.25) is 0 Å². The van der Waals surface area contributed by atoms with Crippen molar-refractivity contribution in [1.29, 1.82) is 0 Å². The molecule has 7 nitrogen and oxygen atoms in total. The van der Waals surface area contributed by atoms with Crippen LogP contribution in [-0.4, -0.2) is 54.8 Å². The van der Waals surface area contributed by atoms with Crippen molar-refractivity contribution >= 4 is 17.6 Å². The Morgan fingerprint density at radius 3 is 2.63 bits per heavy atom. The molecule has 2 atom stereocenters. The van der Waals surface area contributed by atoms with Crippen molar-refractivity contribution in [3.63, 3.8) is 0 Å². The van der Waals surface area contributed by atoms with Crippen molar-refractivity contribution in [3.05, 3.63) is 23.8 Å². The molecule has 2 aliphatic rings. The Morgan fingerprint density at radius 2 is 1.87 bits per heavy atom. The topological polar surface area (TPSA) is 84.9 Å². The first-order chi connectivity index (χ1) is 14.5. The van der Waals surface area contributed by atoms with Crippen molar-refractivity contribution in [2.24, 2.45) is 5.92 Å². The molecule has 1 fully saturated rings. The van der Waals surface area contributed by atoms with E-state index < -0.39 is 0 Å². The standard InChI is InChI=1S/C23H32N2O5/c1-3-4-11-24-23(28)18-6-5-16(2)25(15-18)22(27)10-8-19(26)17-7-9-20-21(14-17)30-13-12-29-20/h7,9,14,16,18H,3-6,8,10-13,15H2,1-2H3,(H,24,28). The third kappa shape index (κ3) is 5.52. The molecule has 2 aliphatic heterocycles. The van der Waals surface area contributed by atoms with Crippen LogP contribution in [0.3, 0.4) is 0 Å². The number of hydrogen-bond donors (Lipinski definition) is 1. The van der Waals surface area contributed by atoms with Gasteiger partial charge in [0, 0.05) is 37.5 Å². The van der Waals surface area contributed by atoms with Crippen LogP contribution in [0.25, 0.3) is 0 Å². The zero-order valence-corrected chi connectivity index (χ0v) is 17.9. The fourth-order valence-corrected chi connectivity index (χ4v) is 3.93. The molecule has 3 rings (SSSR count). The molecule has 1 saturated heterocycles. The lowest BCUT2D eigenvalue weighted by Crippen LogP contribution is -2.49. The number of hydrogen-bond acceptors (Lipinski definition) is 5. The zero-order valence-electron chi connectivity index (χ0n) is 17.9. The molecule has 164 valence electrons. The molecule has 0 saturated carbocycles. The van der Waals surface area contributed by atoms with Crippen LogP contribution in [0.15, 0.2) is 18.2 Å². The molecular formula is C23H32N2O5. The van der Waals surface area contributed by atoms with Crippen LogP contribution in [0.1, 0.15) is 62.7 Å². The number of Topliss-reactive ketones (excluding diaryl/α,β-unsaturated/α-hetero) is 1. The Balaban J connectivity index is 1.52. The van der Waals surface area contributed by atoms with Crippen LogP contribution in [0.5, 0.6) is 11.5 Å². The fraction of sp³-hybridized carbons (Fsp3) is 0.609. The van der Waals surface area contributed by atoms with E-state index in [1.807, 2.05) is 6.92 Å². The average molecular weight is 417 g/mol. The zero-order chi connectivity index (χ0) is 21.5. The number of unbranched alkanes of at least 4 members (excludes halogenated alkanes) is 1. The monoisotopic (exact) mass is 416 g/mol. The van der Waals surface area contributed by atoms with Crippen LogP contribution in [0.4, 0.5) is 0 Å². The van der Waals surface area contributed by atoms with Gasteiger partial charge in [-0.15, -0.1) is 0 Å². The largest absolute Gasteiger partial charge is 0.486 e. The van der Waals surface area contributed by atoms with Crippen molar-refractivity contribution in [3.8, 4) is 11.5 Å². The molecule has 2 heterocycles. The summed E-state index contributed by atoms with van der Waals surface area (Å²) in [6.07, 6.45) is 3.85. The van der Waals surface area contributed by atoms with E-state index in [2.05, 4.69) is 12.2 Å². The number of piperidine rings is 1. The molecule has 1 aromatic rings. The minimum absolute atomic E-state index is 0.0282. The molecule has 30 heavy (non-hydrogen) atoms. The number of nitrogens with one attached hydrogen (secondary N) is 1. The first-order valence-corrected chi connectivity index (χ1v) is 11.0. The molecule has 7 heteroatoms. The predicted molar refractivity (Wildman–Crippen MR) is 113 cm³/mol. The summed E-state index contributed by atoms with van der Waals surface area (Å²) in [6, 6.07) is 5.21. The molecule has 1 N–H and O–H groups in total. The van der Waals surface area contributed by atoms with Gasteiger partial charge in [-0.3, -0.25) is 14.4 Å². The number of carbonyl (C=O) groups is 3. The Bertz CT molecular complexity index is 779. The van der Waals surface area contributed by atoms with Crippen molar-refractivity contribution in [1.82, 2.24) is 10.2 Å². The summed E-state index contributed by atoms with van der Waals surface area (Å²) in [4.78, 5) is 39.5. The molecular weight excluding hydrogens is 384 g/mol. The van der Waals surface area contributed by atoms with E-state index in [0.29, 0.717) is 43.4 Å². The highest BCUT2D eigenvalue weighted by molar-refractivity contribution is 5.98. The van der Waals surface area contributed by atoms with Crippen molar-refractivity contribution in [2.75, 3.05) is 26.3 Å². The normalized spacial score (nSPS) is 20.5. The summed E-state index contributed by atoms with van der Waals surface area (Å²) in [7, 11) is 0. The lowest BCUT2D eigenvalue weighted by molar-refractivity contribution is -0.138. The van der Waals surface area contributed by atoms with Gasteiger partial charge in [0.15, 0.2) is 17.3 Å². The smallest absolute Gasteiger partial charge is 0.224 e. The summed E-state index contributed by atoms with van der Waals surface area (Å²) < 4.78 is 11.0. The van der Waals surface area contributed by atoms with Crippen LogP contribution in [0, 0.1) is 5.92 Å². The Labute approximate surface area is 178 Å². The van der Waals surface area contributed by atoms with E-state index in [-0.39, 0.29) is 42.4 Å². The van der Waals surface area contributed by atoms with Gasteiger partial charge in [-0.05, 0) is 44.4 Å². The Morgan fingerprint density at radius 1 is 1.10 bits per heavy atom. The number of amides is 2. The van der Waals surface area contributed by atoms with Gasteiger partial charge in [-0.25, -0.2) is 0 Å². The molecule has 0 spiro atoms. The summed E-state index contributed by atoms with van der Waals surface area (Å²) in [5, 5.41) is 2.97. The Kier molecular flexibility index (Phi) is 7.71. The summed E-state index contributed by atoms with van der Waals surface area (Å²) in [5.74, 6) is 0.897. The number of benzene rings is 1. The molecule has 0 aliphatic carbocycles. The fourth-order valence-electron chi connectivity index (χ4n) is 3.93. The minimum Gasteiger partial charge on any atom is -0.486 e. The quantitative estimate of drug-likeness (QED) is 0.520. The minimum atomic E-state index is -0.171. The van der Waals surface area contributed by atoms with Gasteiger partial charge in [0.1, 0.15) is 13.2 Å². The van der Waals surface area contributed by atoms with E-state index >= 15 is 0 Å². The number of ether oxygens (including phenoxy) is 2. The molecule has 1 aromatic carbocycles. The molecule has 0 bridgehead atoms. The lowest BCUT2D eigenvalue weighted by atomic mass is 9.92. The van der Waals surface area contributed by atoms with Crippen LogP contribution < -0.4 is 14.8 Å². The highest BCUT2D eigenvalue weighted by Gasteiger charge is 2.32. The SMILES string of the molecule is CCCCNC(=O)C1CCC(C)N(C(=O)CCC(=O)c2ccc3c(c2)OCCO3)C1. The highest BCUT2D eigenvalue weighted by atomic mass is 16.6. The summed E-state index contributed by atoms with van der Waals surface area (Å²) in [5.41, 5.74) is 0.520. The predicted octanol–water partition coefficient (Wildman–Crippen LogP) is 2.96. The third-order valence-electron chi connectivity index (χ3n) is 5.83. The maximum absolute atomic E-state index is 12.8. The Hall–Kier alpha value is -2.57. The highest BCUT2D eigenvalue weighted by Crippen LogP contribution is 2.31. The van der Waals surface area contributed by atoms with E-state index in [9.17, 15) is 14.4 Å². The van der Waals surface area contributed by atoms with E-state index in [0.717, 1.165) is 25.7 Å². The van der Waals surface area contributed by atoms with Gasteiger partial charge in [0.05, 0.1) is 5.92 Å². The summed E-state index contributed by atoms with van der Waals surface area (Å²) >= 11 is 0. The second-order valence-electron chi connectivity index (χ2n) is 8.10. The maximum Gasteiger partial charge on any atom is 0.224 e. The van der Waals surface area contributed by atoms with Gasteiger partial charge in [0.25, 0.3) is 0 Å². The van der Waals surface area contributed by atoms with Crippen molar-refractivity contribution < 1.29 is 23.9 Å². The van der Waals surface area contributed by atoms with Crippen molar-refractivity contribution in [2.45, 2.75) is 58.4 Å². The number of carbonyl (C=O) groups excluding carboxylic acids is 3. The molecule has 0 aromatic heterocycles. The third-order valence-corrected chi connectivity index (χ3v) is 5.83. The van der Waals surface area contributed by atoms with Gasteiger partial charge < -0.3 is 19.7 Å². The van der Waals surface area contributed by atoms with E-state index in [1.54, 1.807) is 23.1 Å². The van der Waals surface area contributed by atoms with E-state index in [1.165, 1.54) is 0 Å². The van der Waals surface area contributed by atoms with Gasteiger partial charge in [-0.1, -0.05) is 13.3 Å². The lowest BCUT2D eigenvalue weighted by Gasteiger charge is -2.37. The molecule has 0 radical (unpaired) electrons. The first kappa shape index (κ1) is 22.1. The van der Waals surface area contributed by atoms with E-state index in [4.69, 9.17) is 9.47 Å². The molecule has 2 amide bonds. The molecule has 2 unspecified atom stereocenters. The number of fused-ring (bicyclic) bond motifs is 1. The number of ketones is 1. The number of likely N-dealkylation sites (tertiary alicyclic amines) is 1. The maximum atomic E-state index is 12.8. The first-order valence-electron chi connectivity index (χ1n) is 11.0. The van der Waals surface area contributed by atoms with Gasteiger partial charge in [-0.2, -0.15) is 0 Å². The summed E-state index contributed by atoms with van der Waals surface area (Å²) in [6.45, 7) is 6.16. The second-order valence-corrected chi connectivity index (χ2v) is 8.10. The second kappa shape index (κ2) is 10.5. The number of nitrogens with zero attached hydrogens (tertiary/aromatic N) is 1. The van der Waals surface area contributed by atoms with Crippen LogP contribution in [-0.2, 0) is 9.59 Å². The number of rotatable bonds is 8. The van der Waals surface area contributed by atoms with Gasteiger partial charge >= 0.3 is 0 Å². The van der Waals surface area contributed by atoms with Crippen LogP contribution >= 0.6 is 0 Å². The average Bonchev–Trinajstić information content (AvgIpc) is 2.77.